The van der Waals surface area contributed by atoms with Gasteiger partial charge in [-0.3, -0.25) is 4.79 Å². The number of hydrogen-bond donors (Lipinski definition) is 4. The molecule has 43 heavy (non-hydrogen) atoms. The fourth-order valence-electron chi connectivity index (χ4n) is 5.12. The third-order valence-electron chi connectivity index (χ3n) is 7.01. The lowest BCUT2D eigenvalue weighted by atomic mass is 10.0. The molecule has 0 saturated carbocycles. The molecule has 2 aromatic heterocycles. The molecule has 0 spiro atoms. The van der Waals surface area contributed by atoms with Gasteiger partial charge in [-0.1, -0.05) is 35.3 Å². The molecule has 4 aromatic rings. The van der Waals surface area contributed by atoms with Crippen molar-refractivity contribution in [2.45, 2.75) is 45.2 Å². The number of anilines is 3. The molecule has 0 aliphatic carbocycles. The largest absolute Gasteiger partial charge is 0.383 e. The van der Waals surface area contributed by atoms with Crippen LogP contribution in [0, 0.1) is 0 Å². The molecule has 2 aromatic carbocycles. The second kappa shape index (κ2) is 12.1. The number of urea groups is 2. The molecule has 13 heteroatoms. The topological polar surface area (TPSA) is 147 Å². The standard InChI is InChI=1S/C30H32Cl2N8O3/c1-30(2,3)38-29(43)39-9-7-22(8-10-39)40-15-23(24-26(33)34-16-35-27(24)40)25(41)17-5-4-6-20(11-17)36-28(42)37-21-13-18(31)12-19(32)14-21/h4-6,11-16,22H,7-10H2,1-3H3,(H,38,43)(H2,33,34,35)(H2,36,37,42). The van der Waals surface area contributed by atoms with Crippen LogP contribution in [0.25, 0.3) is 11.0 Å². The van der Waals surface area contributed by atoms with E-state index in [9.17, 15) is 14.4 Å². The summed E-state index contributed by atoms with van der Waals surface area (Å²) in [6.07, 6.45) is 4.52. The van der Waals surface area contributed by atoms with Crippen LogP contribution in [0.5, 0.6) is 0 Å². The Kier molecular flexibility index (Phi) is 8.48. The number of benzene rings is 2. The molecule has 0 radical (unpaired) electrons. The lowest BCUT2D eigenvalue weighted by Crippen LogP contribution is -2.50. The summed E-state index contributed by atoms with van der Waals surface area (Å²) in [4.78, 5) is 49.5. The van der Waals surface area contributed by atoms with Crippen LogP contribution in [0.2, 0.25) is 10.0 Å². The van der Waals surface area contributed by atoms with Gasteiger partial charge in [-0.2, -0.15) is 0 Å². The number of nitrogens with one attached hydrogen (secondary N) is 3. The minimum atomic E-state index is -0.528. The van der Waals surface area contributed by atoms with E-state index < -0.39 is 6.03 Å². The first-order valence-electron chi connectivity index (χ1n) is 13.7. The summed E-state index contributed by atoms with van der Waals surface area (Å²) in [5.74, 6) is -0.0964. The zero-order chi connectivity index (χ0) is 30.9. The van der Waals surface area contributed by atoms with Crippen LogP contribution in [0.1, 0.15) is 55.6 Å². The van der Waals surface area contributed by atoms with Crippen LogP contribution in [-0.4, -0.2) is 55.9 Å². The summed E-state index contributed by atoms with van der Waals surface area (Å²) >= 11 is 12.0. The van der Waals surface area contributed by atoms with Crippen molar-refractivity contribution < 1.29 is 14.4 Å². The van der Waals surface area contributed by atoms with Gasteiger partial charge >= 0.3 is 12.1 Å². The van der Waals surface area contributed by atoms with Gasteiger partial charge in [-0.15, -0.1) is 0 Å². The van der Waals surface area contributed by atoms with Crippen molar-refractivity contribution in [1.29, 1.82) is 0 Å². The van der Waals surface area contributed by atoms with E-state index in [0.29, 0.717) is 69.5 Å². The number of piperidine rings is 1. The number of halogens is 2. The van der Waals surface area contributed by atoms with Crippen LogP contribution >= 0.6 is 23.2 Å². The average molecular weight is 624 g/mol. The fourth-order valence-corrected chi connectivity index (χ4v) is 5.65. The molecule has 0 unspecified atom stereocenters. The normalized spacial score (nSPS) is 14.0. The summed E-state index contributed by atoms with van der Waals surface area (Å²) in [6.45, 7) is 6.97. The Bertz CT molecular complexity index is 1690. The van der Waals surface area contributed by atoms with Crippen LogP contribution in [0.4, 0.5) is 26.8 Å². The Morgan fingerprint density at radius 2 is 1.63 bits per heavy atom. The molecule has 3 heterocycles. The van der Waals surface area contributed by atoms with Gasteiger partial charge < -0.3 is 31.2 Å². The Morgan fingerprint density at radius 1 is 0.953 bits per heavy atom. The molecule has 1 aliphatic rings. The maximum Gasteiger partial charge on any atom is 0.323 e. The minimum Gasteiger partial charge on any atom is -0.383 e. The number of nitrogen functional groups attached to an aromatic ring is 1. The molecule has 0 atom stereocenters. The van der Waals surface area contributed by atoms with E-state index in [1.54, 1.807) is 53.6 Å². The molecule has 1 fully saturated rings. The quantitative estimate of drug-likeness (QED) is 0.191. The highest BCUT2D eigenvalue weighted by Gasteiger charge is 2.29. The summed E-state index contributed by atoms with van der Waals surface area (Å²) in [5, 5.41) is 9.65. The third-order valence-corrected chi connectivity index (χ3v) is 7.45. The van der Waals surface area contributed by atoms with Gasteiger partial charge in [0.15, 0.2) is 5.78 Å². The molecule has 1 aliphatic heterocycles. The smallest absolute Gasteiger partial charge is 0.323 e. The number of carbonyl (C=O) groups excluding carboxylic acids is 3. The van der Waals surface area contributed by atoms with Crippen molar-refractivity contribution in [2.75, 3.05) is 29.5 Å². The lowest BCUT2D eigenvalue weighted by molar-refractivity contribution is 0.104. The van der Waals surface area contributed by atoms with E-state index in [1.165, 1.54) is 6.33 Å². The first-order valence-corrected chi connectivity index (χ1v) is 14.5. The molecule has 5 rings (SSSR count). The van der Waals surface area contributed by atoms with Crippen molar-refractivity contribution in [3.63, 3.8) is 0 Å². The number of carbonyl (C=O) groups is 3. The monoisotopic (exact) mass is 622 g/mol. The average Bonchev–Trinajstić information content (AvgIpc) is 3.32. The summed E-state index contributed by atoms with van der Waals surface area (Å²) in [7, 11) is 0. The van der Waals surface area contributed by atoms with Crippen LogP contribution < -0.4 is 21.7 Å². The second-order valence-electron chi connectivity index (χ2n) is 11.5. The number of ketones is 1. The molecular formula is C30H32Cl2N8O3. The highest BCUT2D eigenvalue weighted by molar-refractivity contribution is 6.35. The van der Waals surface area contributed by atoms with E-state index >= 15 is 0 Å². The van der Waals surface area contributed by atoms with Crippen molar-refractivity contribution in [3.8, 4) is 0 Å². The number of rotatable bonds is 5. The fraction of sp³-hybridized carbons (Fsp3) is 0.300. The first kappa shape index (κ1) is 30.1. The molecule has 5 N–H and O–H groups in total. The molecule has 0 bridgehead atoms. The lowest BCUT2D eigenvalue weighted by Gasteiger charge is -2.35. The molecule has 224 valence electrons. The van der Waals surface area contributed by atoms with E-state index in [1.807, 2.05) is 25.3 Å². The van der Waals surface area contributed by atoms with Crippen molar-refractivity contribution in [2.24, 2.45) is 0 Å². The number of amides is 4. The van der Waals surface area contributed by atoms with Gasteiger partial charge in [0.2, 0.25) is 0 Å². The SMILES string of the molecule is CC(C)(C)NC(=O)N1CCC(n2cc(C(=O)c3cccc(NC(=O)Nc4cc(Cl)cc(Cl)c4)c3)c3c(N)ncnc32)CC1. The predicted octanol–water partition coefficient (Wildman–Crippen LogP) is 6.34. The minimum absolute atomic E-state index is 0.00808. The van der Waals surface area contributed by atoms with Gasteiger partial charge in [-0.25, -0.2) is 19.6 Å². The van der Waals surface area contributed by atoms with E-state index in [2.05, 4.69) is 25.9 Å². The number of nitrogens with zero attached hydrogens (tertiary/aromatic N) is 4. The predicted molar refractivity (Wildman–Crippen MR) is 169 cm³/mol. The molecule has 4 amide bonds. The summed E-state index contributed by atoms with van der Waals surface area (Å²) in [6, 6.07) is 10.7. The van der Waals surface area contributed by atoms with Gasteiger partial charge in [-0.05, 0) is 63.9 Å². The number of hydrogen-bond acceptors (Lipinski definition) is 6. The van der Waals surface area contributed by atoms with E-state index in [0.717, 1.165) is 0 Å². The van der Waals surface area contributed by atoms with Crippen molar-refractivity contribution in [1.82, 2.24) is 24.8 Å². The number of likely N-dealkylation sites (tertiary alicyclic amines) is 1. The molecular weight excluding hydrogens is 591 g/mol. The highest BCUT2D eigenvalue weighted by atomic mass is 35.5. The highest BCUT2D eigenvalue weighted by Crippen LogP contribution is 2.33. The van der Waals surface area contributed by atoms with Gasteiger partial charge in [0.1, 0.15) is 17.8 Å². The second-order valence-corrected chi connectivity index (χ2v) is 12.3. The van der Waals surface area contributed by atoms with Crippen LogP contribution in [0.15, 0.2) is 55.0 Å². The van der Waals surface area contributed by atoms with Gasteiger partial charge in [0.05, 0.1) is 10.9 Å². The molecule has 11 nitrogen and oxygen atoms in total. The van der Waals surface area contributed by atoms with Crippen LogP contribution in [-0.2, 0) is 0 Å². The third kappa shape index (κ3) is 7.00. The Hall–Kier alpha value is -4.35. The zero-order valence-corrected chi connectivity index (χ0v) is 25.5. The Morgan fingerprint density at radius 3 is 2.30 bits per heavy atom. The summed E-state index contributed by atoms with van der Waals surface area (Å²) in [5.41, 5.74) is 8.03. The maximum atomic E-state index is 13.8. The van der Waals surface area contributed by atoms with Crippen molar-refractivity contribution >= 4 is 69.3 Å². The number of nitrogens with two attached hydrogens (primary N) is 1. The molecule has 1 saturated heterocycles. The van der Waals surface area contributed by atoms with E-state index in [4.69, 9.17) is 28.9 Å². The zero-order valence-electron chi connectivity index (χ0n) is 23.9. The Balaban J connectivity index is 1.35. The van der Waals surface area contributed by atoms with Crippen molar-refractivity contribution in [3.05, 3.63) is 76.2 Å². The Labute approximate surface area is 258 Å². The van der Waals surface area contributed by atoms with Crippen LogP contribution in [0.3, 0.4) is 0 Å². The van der Waals surface area contributed by atoms with Gasteiger partial charge in [0, 0.05) is 57.9 Å². The van der Waals surface area contributed by atoms with Gasteiger partial charge in [0.25, 0.3) is 0 Å². The maximum absolute atomic E-state index is 13.8. The number of aromatic nitrogens is 3. The summed E-state index contributed by atoms with van der Waals surface area (Å²) < 4.78 is 1.96. The first-order chi connectivity index (χ1) is 20.4. The number of fused-ring (bicyclic) bond motifs is 1. The van der Waals surface area contributed by atoms with E-state index in [-0.39, 0.29) is 29.2 Å².